The second-order valence-corrected chi connectivity index (χ2v) is 7.70. The molecule has 0 aliphatic heterocycles. The van der Waals surface area contributed by atoms with E-state index in [2.05, 4.69) is 44.0 Å². The Hall–Kier alpha value is -2.92. The van der Waals surface area contributed by atoms with Crippen LogP contribution in [0.4, 0.5) is 0 Å². The maximum atomic E-state index is 12.5. The molecule has 0 radical (unpaired) electrons. The first-order chi connectivity index (χ1) is 13.6. The number of carbonyl (C=O) groups excluding carboxylic acids is 1. The number of fused-ring (bicyclic) bond motifs is 1. The van der Waals surface area contributed by atoms with Gasteiger partial charge in [0.05, 0.1) is 17.6 Å². The number of benzene rings is 3. The highest BCUT2D eigenvalue weighted by Gasteiger charge is 2.13. The van der Waals surface area contributed by atoms with Crippen LogP contribution in [0, 0.1) is 6.92 Å². The van der Waals surface area contributed by atoms with E-state index < -0.39 is 0 Å². The lowest BCUT2D eigenvalue weighted by Crippen LogP contribution is -2.24. The molecule has 0 unspecified atom stereocenters. The van der Waals surface area contributed by atoms with Gasteiger partial charge in [-0.3, -0.25) is 4.79 Å². The third kappa shape index (κ3) is 3.99. The fourth-order valence-corrected chi connectivity index (χ4v) is 3.67. The summed E-state index contributed by atoms with van der Waals surface area (Å²) < 4.78 is 3.20. The fraction of sp³-hybridized carbons (Fsp3) is 0.130. The molecule has 3 aromatic carbocycles. The minimum absolute atomic E-state index is 0.0962. The molecule has 0 aliphatic carbocycles. The van der Waals surface area contributed by atoms with Crippen LogP contribution in [0.2, 0.25) is 0 Å². The zero-order valence-corrected chi connectivity index (χ0v) is 17.1. The largest absolute Gasteiger partial charge is 0.345 e. The molecule has 5 heteroatoms. The normalized spacial score (nSPS) is 10.9. The summed E-state index contributed by atoms with van der Waals surface area (Å²) in [4.78, 5) is 17.3. The topological polar surface area (TPSA) is 46.9 Å². The van der Waals surface area contributed by atoms with E-state index >= 15 is 0 Å². The van der Waals surface area contributed by atoms with E-state index in [0.29, 0.717) is 18.7 Å². The lowest BCUT2D eigenvalue weighted by Gasteiger charge is -2.11. The monoisotopic (exact) mass is 433 g/mol. The zero-order valence-electron chi connectivity index (χ0n) is 15.5. The lowest BCUT2D eigenvalue weighted by molar-refractivity contribution is 0.0949. The molecule has 1 aromatic heterocycles. The van der Waals surface area contributed by atoms with Crippen molar-refractivity contribution in [2.45, 2.75) is 20.0 Å². The van der Waals surface area contributed by atoms with Crippen LogP contribution in [0.25, 0.3) is 11.0 Å². The van der Waals surface area contributed by atoms with Crippen molar-refractivity contribution in [1.29, 1.82) is 0 Å². The van der Waals surface area contributed by atoms with Crippen LogP contribution in [0.3, 0.4) is 0 Å². The van der Waals surface area contributed by atoms with Crippen molar-refractivity contribution in [3.63, 3.8) is 0 Å². The van der Waals surface area contributed by atoms with Crippen LogP contribution in [0.1, 0.15) is 27.3 Å². The van der Waals surface area contributed by atoms with Gasteiger partial charge in [0.15, 0.2) is 0 Å². The number of carbonyl (C=O) groups is 1. The van der Waals surface area contributed by atoms with Gasteiger partial charge in [-0.25, -0.2) is 4.98 Å². The SMILES string of the molecule is Cc1ccc(C(=O)NCc2nc3ccccc3n2Cc2cccc(Br)c2)cc1. The molecule has 1 N–H and O–H groups in total. The fourth-order valence-electron chi connectivity index (χ4n) is 3.22. The molecule has 0 bridgehead atoms. The molecule has 140 valence electrons. The Bertz CT molecular complexity index is 1130. The summed E-state index contributed by atoms with van der Waals surface area (Å²) in [5, 5.41) is 3.00. The Morgan fingerprint density at radius 3 is 2.61 bits per heavy atom. The van der Waals surface area contributed by atoms with E-state index in [4.69, 9.17) is 4.98 Å². The van der Waals surface area contributed by atoms with Crippen molar-refractivity contribution >= 4 is 32.9 Å². The molecule has 0 aliphatic rings. The Morgan fingerprint density at radius 1 is 1.04 bits per heavy atom. The van der Waals surface area contributed by atoms with Crippen molar-refractivity contribution in [2.24, 2.45) is 0 Å². The van der Waals surface area contributed by atoms with Gasteiger partial charge >= 0.3 is 0 Å². The molecular weight excluding hydrogens is 414 g/mol. The van der Waals surface area contributed by atoms with Gasteiger partial charge in [-0.05, 0) is 48.9 Å². The van der Waals surface area contributed by atoms with E-state index in [-0.39, 0.29) is 5.91 Å². The zero-order chi connectivity index (χ0) is 19.5. The molecule has 0 fully saturated rings. The molecule has 1 amide bonds. The summed E-state index contributed by atoms with van der Waals surface area (Å²) in [6.45, 7) is 3.07. The van der Waals surface area contributed by atoms with Gasteiger partial charge < -0.3 is 9.88 Å². The van der Waals surface area contributed by atoms with E-state index in [1.165, 1.54) is 5.56 Å². The minimum atomic E-state index is -0.0962. The number of aromatic nitrogens is 2. The first-order valence-corrected chi connectivity index (χ1v) is 9.93. The number of para-hydroxylation sites is 2. The number of hydrogen-bond acceptors (Lipinski definition) is 2. The van der Waals surface area contributed by atoms with Gasteiger partial charge in [-0.15, -0.1) is 0 Å². The molecule has 28 heavy (non-hydrogen) atoms. The van der Waals surface area contributed by atoms with Crippen LogP contribution < -0.4 is 5.32 Å². The van der Waals surface area contributed by atoms with Crippen LogP contribution in [0.5, 0.6) is 0 Å². The number of halogens is 1. The summed E-state index contributed by atoms with van der Waals surface area (Å²) in [5.41, 5.74) is 4.94. The van der Waals surface area contributed by atoms with Gasteiger partial charge in [0.25, 0.3) is 5.91 Å². The minimum Gasteiger partial charge on any atom is -0.345 e. The Labute approximate surface area is 172 Å². The summed E-state index contributed by atoms with van der Waals surface area (Å²) in [6, 6.07) is 23.8. The average Bonchev–Trinajstić information content (AvgIpc) is 3.04. The first-order valence-electron chi connectivity index (χ1n) is 9.13. The Balaban J connectivity index is 1.61. The molecule has 0 saturated carbocycles. The van der Waals surface area contributed by atoms with Crippen LogP contribution in [0.15, 0.2) is 77.3 Å². The second-order valence-electron chi connectivity index (χ2n) is 6.78. The molecule has 1 heterocycles. The van der Waals surface area contributed by atoms with Gasteiger partial charge in [0, 0.05) is 16.6 Å². The summed E-state index contributed by atoms with van der Waals surface area (Å²) in [5.74, 6) is 0.739. The highest BCUT2D eigenvalue weighted by molar-refractivity contribution is 9.10. The van der Waals surface area contributed by atoms with Crippen molar-refractivity contribution in [1.82, 2.24) is 14.9 Å². The molecule has 0 atom stereocenters. The number of nitrogens with one attached hydrogen (secondary N) is 1. The predicted octanol–water partition coefficient (Wildman–Crippen LogP) is 5.09. The summed E-state index contributed by atoms with van der Waals surface area (Å²) >= 11 is 3.53. The third-order valence-electron chi connectivity index (χ3n) is 4.68. The molecular formula is C23H20BrN3O. The Kier molecular flexibility index (Phi) is 5.26. The number of imidazole rings is 1. The number of aryl methyl sites for hydroxylation is 1. The molecule has 4 aromatic rings. The Morgan fingerprint density at radius 2 is 1.82 bits per heavy atom. The maximum absolute atomic E-state index is 12.5. The second kappa shape index (κ2) is 7.98. The van der Waals surface area contributed by atoms with Gasteiger partial charge in [0.1, 0.15) is 5.82 Å². The molecule has 4 nitrogen and oxygen atoms in total. The smallest absolute Gasteiger partial charge is 0.251 e. The third-order valence-corrected chi connectivity index (χ3v) is 5.18. The van der Waals surface area contributed by atoms with E-state index in [9.17, 15) is 4.79 Å². The summed E-state index contributed by atoms with van der Waals surface area (Å²) in [7, 11) is 0. The van der Waals surface area contributed by atoms with Crippen LogP contribution in [-0.2, 0) is 13.1 Å². The number of amides is 1. The van der Waals surface area contributed by atoms with Gasteiger partial charge in [-0.1, -0.05) is 57.9 Å². The van der Waals surface area contributed by atoms with Gasteiger partial charge in [0.2, 0.25) is 0 Å². The molecule has 4 rings (SSSR count). The van der Waals surface area contributed by atoms with Gasteiger partial charge in [-0.2, -0.15) is 0 Å². The van der Waals surface area contributed by atoms with E-state index in [1.54, 1.807) is 0 Å². The quantitative estimate of drug-likeness (QED) is 0.476. The standard InChI is InChI=1S/C23H20BrN3O/c1-16-9-11-18(12-10-16)23(28)25-14-22-26-20-7-2-3-8-21(20)27(22)15-17-5-4-6-19(24)13-17/h2-13H,14-15H2,1H3,(H,25,28). The van der Waals surface area contributed by atoms with Crippen molar-refractivity contribution in [3.05, 3.63) is 99.8 Å². The number of nitrogens with zero attached hydrogens (tertiary/aromatic N) is 2. The van der Waals surface area contributed by atoms with Crippen molar-refractivity contribution in [2.75, 3.05) is 0 Å². The number of hydrogen-bond donors (Lipinski definition) is 1. The van der Waals surface area contributed by atoms with E-state index in [1.807, 2.05) is 61.5 Å². The predicted molar refractivity (Wildman–Crippen MR) is 115 cm³/mol. The van der Waals surface area contributed by atoms with Crippen molar-refractivity contribution < 1.29 is 4.79 Å². The molecule has 0 saturated heterocycles. The molecule has 0 spiro atoms. The van der Waals surface area contributed by atoms with Crippen LogP contribution >= 0.6 is 15.9 Å². The highest BCUT2D eigenvalue weighted by Crippen LogP contribution is 2.20. The average molecular weight is 434 g/mol. The number of rotatable bonds is 5. The van der Waals surface area contributed by atoms with Crippen LogP contribution in [-0.4, -0.2) is 15.5 Å². The summed E-state index contributed by atoms with van der Waals surface area (Å²) in [6.07, 6.45) is 0. The van der Waals surface area contributed by atoms with E-state index in [0.717, 1.165) is 26.9 Å². The first kappa shape index (κ1) is 18.4. The highest BCUT2D eigenvalue weighted by atomic mass is 79.9. The maximum Gasteiger partial charge on any atom is 0.251 e. The van der Waals surface area contributed by atoms with Crippen molar-refractivity contribution in [3.8, 4) is 0 Å². The lowest BCUT2D eigenvalue weighted by atomic mass is 10.1.